The highest BCUT2D eigenvalue weighted by molar-refractivity contribution is 7.99. The molecular formula is C11H22N2OS. The first-order chi connectivity index (χ1) is 6.98. The van der Waals surface area contributed by atoms with Gasteiger partial charge >= 0.3 is 0 Å². The number of thioether (sulfide) groups is 1. The van der Waals surface area contributed by atoms with Crippen molar-refractivity contribution < 1.29 is 4.79 Å². The Morgan fingerprint density at radius 1 is 1.67 bits per heavy atom. The van der Waals surface area contributed by atoms with Crippen LogP contribution >= 0.6 is 11.8 Å². The predicted molar refractivity (Wildman–Crippen MR) is 65.9 cm³/mol. The van der Waals surface area contributed by atoms with Gasteiger partial charge in [0.25, 0.3) is 0 Å². The normalized spacial score (nSPS) is 21.9. The molecule has 1 rings (SSSR count). The average Bonchev–Trinajstić information content (AvgIpc) is 2.97. The molecule has 3 nitrogen and oxygen atoms in total. The summed E-state index contributed by atoms with van der Waals surface area (Å²) in [5.74, 6) is 2.45. The van der Waals surface area contributed by atoms with Crippen molar-refractivity contribution in [2.24, 2.45) is 11.7 Å². The Kier molecular flexibility index (Phi) is 4.46. The van der Waals surface area contributed by atoms with Crippen molar-refractivity contribution in [3.05, 3.63) is 0 Å². The van der Waals surface area contributed by atoms with Gasteiger partial charge in [-0.15, -0.1) is 0 Å². The van der Waals surface area contributed by atoms with Gasteiger partial charge in [0, 0.05) is 11.8 Å². The van der Waals surface area contributed by atoms with Gasteiger partial charge in [-0.3, -0.25) is 4.79 Å². The van der Waals surface area contributed by atoms with Crippen molar-refractivity contribution in [1.29, 1.82) is 0 Å². The third-order valence-corrected chi connectivity index (χ3v) is 4.01. The van der Waals surface area contributed by atoms with E-state index in [2.05, 4.69) is 12.2 Å². The van der Waals surface area contributed by atoms with Crippen LogP contribution in [0.25, 0.3) is 0 Å². The molecule has 0 aromatic carbocycles. The fourth-order valence-corrected chi connectivity index (χ4v) is 2.26. The standard InChI is InChI=1S/C11H22N2OS/c1-4-15-7-8(2)13-10(14)11(3,12)9-5-6-9/h8-9H,4-7,12H2,1-3H3,(H,13,14). The van der Waals surface area contributed by atoms with Crippen LogP contribution in [0.5, 0.6) is 0 Å². The van der Waals surface area contributed by atoms with Crippen LogP contribution in [0.4, 0.5) is 0 Å². The van der Waals surface area contributed by atoms with Gasteiger partial charge in [-0.2, -0.15) is 11.8 Å². The molecule has 1 fully saturated rings. The SMILES string of the molecule is CCSCC(C)NC(=O)C(C)(N)C1CC1. The predicted octanol–water partition coefficient (Wildman–Crippen LogP) is 1.37. The van der Waals surface area contributed by atoms with Gasteiger partial charge in [0.1, 0.15) is 0 Å². The average molecular weight is 230 g/mol. The highest BCUT2D eigenvalue weighted by atomic mass is 32.2. The molecular weight excluding hydrogens is 208 g/mol. The molecule has 0 bridgehead atoms. The van der Waals surface area contributed by atoms with Gasteiger partial charge in [0.2, 0.25) is 5.91 Å². The number of nitrogens with two attached hydrogens (primary N) is 1. The fraction of sp³-hybridized carbons (Fsp3) is 0.909. The second-order valence-corrected chi connectivity index (χ2v) is 5.91. The van der Waals surface area contributed by atoms with E-state index >= 15 is 0 Å². The largest absolute Gasteiger partial charge is 0.351 e. The van der Waals surface area contributed by atoms with Crippen molar-refractivity contribution in [1.82, 2.24) is 5.32 Å². The van der Waals surface area contributed by atoms with E-state index in [1.807, 2.05) is 25.6 Å². The third-order valence-electron chi connectivity index (χ3n) is 2.86. The van der Waals surface area contributed by atoms with Gasteiger partial charge < -0.3 is 11.1 Å². The molecule has 0 aromatic rings. The minimum absolute atomic E-state index is 0.00852. The molecule has 2 atom stereocenters. The zero-order valence-electron chi connectivity index (χ0n) is 9.88. The van der Waals surface area contributed by atoms with Gasteiger partial charge in [0.15, 0.2) is 0 Å². The van der Waals surface area contributed by atoms with Gasteiger partial charge in [-0.05, 0) is 38.4 Å². The maximum absolute atomic E-state index is 11.9. The van der Waals surface area contributed by atoms with Crippen LogP contribution in [0.2, 0.25) is 0 Å². The molecule has 0 radical (unpaired) electrons. The van der Waals surface area contributed by atoms with Crippen LogP contribution in [0, 0.1) is 5.92 Å². The Bertz CT molecular complexity index is 227. The Hall–Kier alpha value is -0.220. The summed E-state index contributed by atoms with van der Waals surface area (Å²) < 4.78 is 0. The molecule has 4 heteroatoms. The lowest BCUT2D eigenvalue weighted by Gasteiger charge is -2.25. The molecule has 0 heterocycles. The summed E-state index contributed by atoms with van der Waals surface area (Å²) in [5, 5.41) is 2.99. The summed E-state index contributed by atoms with van der Waals surface area (Å²) in [6.45, 7) is 6.00. The minimum Gasteiger partial charge on any atom is -0.351 e. The number of hydrogen-bond donors (Lipinski definition) is 2. The quantitative estimate of drug-likeness (QED) is 0.724. The van der Waals surface area contributed by atoms with Gasteiger partial charge in [0.05, 0.1) is 5.54 Å². The fourth-order valence-electron chi connectivity index (χ4n) is 1.58. The van der Waals surface area contributed by atoms with E-state index in [-0.39, 0.29) is 11.9 Å². The van der Waals surface area contributed by atoms with E-state index in [9.17, 15) is 4.79 Å². The minimum atomic E-state index is -0.662. The van der Waals surface area contributed by atoms with Crippen molar-refractivity contribution in [2.75, 3.05) is 11.5 Å². The number of carbonyl (C=O) groups is 1. The maximum atomic E-state index is 11.9. The number of nitrogens with one attached hydrogen (secondary N) is 1. The van der Waals surface area contributed by atoms with Crippen molar-refractivity contribution in [2.45, 2.75) is 45.2 Å². The van der Waals surface area contributed by atoms with Crippen molar-refractivity contribution >= 4 is 17.7 Å². The van der Waals surface area contributed by atoms with Crippen LogP contribution in [0.15, 0.2) is 0 Å². The van der Waals surface area contributed by atoms with Crippen molar-refractivity contribution in [3.63, 3.8) is 0 Å². The highest BCUT2D eigenvalue weighted by Gasteiger charge is 2.44. The lowest BCUT2D eigenvalue weighted by atomic mass is 9.96. The Balaban J connectivity index is 2.33. The van der Waals surface area contributed by atoms with Crippen LogP contribution in [-0.4, -0.2) is 29.0 Å². The van der Waals surface area contributed by atoms with Gasteiger partial charge in [-0.25, -0.2) is 0 Å². The molecule has 1 saturated carbocycles. The summed E-state index contributed by atoms with van der Waals surface area (Å²) in [5.41, 5.74) is 5.36. The first kappa shape index (κ1) is 12.8. The first-order valence-corrected chi connectivity index (χ1v) is 6.81. The Morgan fingerprint density at radius 2 is 2.27 bits per heavy atom. The van der Waals surface area contributed by atoms with Crippen LogP contribution in [0.1, 0.15) is 33.6 Å². The lowest BCUT2D eigenvalue weighted by Crippen LogP contribution is -2.55. The molecule has 3 N–H and O–H groups in total. The van der Waals surface area contributed by atoms with E-state index in [4.69, 9.17) is 5.73 Å². The van der Waals surface area contributed by atoms with Crippen LogP contribution in [-0.2, 0) is 4.79 Å². The summed E-state index contributed by atoms with van der Waals surface area (Å²) in [6, 6.07) is 0.212. The third kappa shape index (κ3) is 3.68. The monoisotopic (exact) mass is 230 g/mol. The number of amides is 1. The molecule has 0 spiro atoms. The topological polar surface area (TPSA) is 55.1 Å². The summed E-state index contributed by atoms with van der Waals surface area (Å²) >= 11 is 1.84. The molecule has 1 aliphatic rings. The van der Waals surface area contributed by atoms with E-state index in [0.717, 1.165) is 24.3 Å². The van der Waals surface area contributed by atoms with E-state index < -0.39 is 5.54 Å². The second-order valence-electron chi connectivity index (χ2n) is 4.59. The Labute approximate surface area is 96.6 Å². The summed E-state index contributed by atoms with van der Waals surface area (Å²) in [7, 11) is 0. The molecule has 2 unspecified atom stereocenters. The molecule has 1 aliphatic carbocycles. The Morgan fingerprint density at radius 3 is 2.73 bits per heavy atom. The highest BCUT2D eigenvalue weighted by Crippen LogP contribution is 2.38. The molecule has 1 amide bonds. The van der Waals surface area contributed by atoms with Crippen LogP contribution in [0.3, 0.4) is 0 Å². The molecule has 0 aliphatic heterocycles. The zero-order chi connectivity index (χ0) is 11.5. The van der Waals surface area contributed by atoms with Gasteiger partial charge in [-0.1, -0.05) is 6.92 Å². The molecule has 15 heavy (non-hydrogen) atoms. The van der Waals surface area contributed by atoms with E-state index in [1.54, 1.807) is 0 Å². The number of rotatable bonds is 6. The first-order valence-electron chi connectivity index (χ1n) is 5.66. The van der Waals surface area contributed by atoms with E-state index in [1.165, 1.54) is 0 Å². The summed E-state index contributed by atoms with van der Waals surface area (Å²) in [4.78, 5) is 11.9. The lowest BCUT2D eigenvalue weighted by molar-refractivity contribution is -0.127. The maximum Gasteiger partial charge on any atom is 0.240 e. The number of carbonyl (C=O) groups excluding carboxylic acids is 1. The molecule has 88 valence electrons. The number of hydrogen-bond acceptors (Lipinski definition) is 3. The zero-order valence-corrected chi connectivity index (χ0v) is 10.7. The second kappa shape index (κ2) is 5.21. The summed E-state index contributed by atoms with van der Waals surface area (Å²) in [6.07, 6.45) is 2.19. The smallest absolute Gasteiger partial charge is 0.240 e. The van der Waals surface area contributed by atoms with Crippen molar-refractivity contribution in [3.8, 4) is 0 Å². The molecule has 0 saturated heterocycles. The van der Waals surface area contributed by atoms with Crippen LogP contribution < -0.4 is 11.1 Å². The molecule has 0 aromatic heterocycles. The van der Waals surface area contributed by atoms with E-state index in [0.29, 0.717) is 5.92 Å².